The van der Waals surface area contributed by atoms with Crippen LogP contribution in [0.4, 0.5) is 5.69 Å². The maximum Gasteiger partial charge on any atom is 0.191 e. The number of anilines is 1. The molecule has 0 saturated carbocycles. The van der Waals surface area contributed by atoms with Gasteiger partial charge in [0.05, 0.1) is 12.2 Å². The number of nitrogens with one attached hydrogen (secondary N) is 2. The van der Waals surface area contributed by atoms with E-state index in [0.717, 1.165) is 68.9 Å². The van der Waals surface area contributed by atoms with Gasteiger partial charge in [0.2, 0.25) is 0 Å². The van der Waals surface area contributed by atoms with Crippen molar-refractivity contribution in [2.45, 2.75) is 33.7 Å². The topological polar surface area (TPSA) is 60.7 Å². The summed E-state index contributed by atoms with van der Waals surface area (Å²) < 4.78 is 1.92. The predicted octanol–water partition coefficient (Wildman–Crippen LogP) is 2.96. The van der Waals surface area contributed by atoms with Crippen LogP contribution in [0, 0.1) is 13.8 Å². The van der Waals surface area contributed by atoms with Gasteiger partial charge in [-0.2, -0.15) is 5.10 Å². The molecular formula is C23H36ClN7. The second-order valence-corrected chi connectivity index (χ2v) is 8.49. The first-order valence-electron chi connectivity index (χ1n) is 11.2. The molecule has 0 amide bonds. The van der Waals surface area contributed by atoms with Crippen molar-refractivity contribution < 1.29 is 0 Å². The molecule has 7 nitrogen and oxygen atoms in total. The number of hydrogen-bond acceptors (Lipinski definition) is 4. The molecule has 0 spiro atoms. The number of nitrogens with zero attached hydrogens (tertiary/aromatic N) is 5. The fraction of sp³-hybridized carbons (Fsp3) is 0.565. The average molecular weight is 446 g/mol. The molecule has 1 fully saturated rings. The van der Waals surface area contributed by atoms with Crippen molar-refractivity contribution in [1.29, 1.82) is 0 Å². The molecule has 2 N–H and O–H groups in total. The van der Waals surface area contributed by atoms with E-state index >= 15 is 0 Å². The summed E-state index contributed by atoms with van der Waals surface area (Å²) in [4.78, 5) is 9.72. The van der Waals surface area contributed by atoms with Gasteiger partial charge in [-0.1, -0.05) is 17.7 Å². The maximum atomic E-state index is 6.14. The van der Waals surface area contributed by atoms with Crippen molar-refractivity contribution >= 4 is 23.2 Å². The zero-order valence-electron chi connectivity index (χ0n) is 19.3. The Morgan fingerprint density at radius 1 is 1.16 bits per heavy atom. The zero-order valence-corrected chi connectivity index (χ0v) is 20.0. The van der Waals surface area contributed by atoms with Gasteiger partial charge < -0.3 is 15.5 Å². The minimum absolute atomic E-state index is 0.645. The van der Waals surface area contributed by atoms with Crippen molar-refractivity contribution in [3.63, 3.8) is 0 Å². The molecule has 8 heteroatoms. The fourth-order valence-corrected chi connectivity index (χ4v) is 4.14. The lowest BCUT2D eigenvalue weighted by Crippen LogP contribution is -2.47. The molecular weight excluding hydrogens is 410 g/mol. The first-order valence-corrected chi connectivity index (χ1v) is 11.6. The van der Waals surface area contributed by atoms with Gasteiger partial charge in [-0.15, -0.1) is 0 Å². The first kappa shape index (κ1) is 23.4. The Bertz CT molecular complexity index is 869. The van der Waals surface area contributed by atoms with Crippen LogP contribution < -0.4 is 15.5 Å². The van der Waals surface area contributed by atoms with Gasteiger partial charge in [0.1, 0.15) is 0 Å². The number of guanidine groups is 1. The van der Waals surface area contributed by atoms with Crippen molar-refractivity contribution in [2.24, 2.45) is 12.0 Å². The lowest BCUT2D eigenvalue weighted by atomic mass is 10.2. The number of rotatable bonds is 8. The number of aromatic nitrogens is 2. The number of piperazine rings is 1. The molecule has 1 aromatic carbocycles. The van der Waals surface area contributed by atoms with Crippen LogP contribution in [0.2, 0.25) is 5.02 Å². The summed E-state index contributed by atoms with van der Waals surface area (Å²) in [6.07, 6.45) is 1.09. The summed E-state index contributed by atoms with van der Waals surface area (Å²) in [5.41, 5.74) is 4.65. The lowest BCUT2D eigenvalue weighted by Gasteiger charge is -2.36. The van der Waals surface area contributed by atoms with Gasteiger partial charge in [-0.05, 0) is 51.9 Å². The van der Waals surface area contributed by atoms with Crippen LogP contribution in [-0.4, -0.2) is 66.5 Å². The van der Waals surface area contributed by atoms with E-state index in [1.165, 1.54) is 16.9 Å². The lowest BCUT2D eigenvalue weighted by molar-refractivity contribution is 0.255. The standard InChI is InChI=1S/C23H36ClN7/c1-5-25-23(27-17-22-18(2)28-29(4)19(22)3)26-10-7-11-30-12-14-31(15-13-30)21-9-6-8-20(24)16-21/h6,8-9,16H,5,7,10-15,17H2,1-4H3,(H2,25,26,27). The quantitative estimate of drug-likeness (QED) is 0.371. The third-order valence-electron chi connectivity index (χ3n) is 5.89. The van der Waals surface area contributed by atoms with E-state index in [9.17, 15) is 0 Å². The number of aliphatic imine (C=N–C) groups is 1. The maximum absolute atomic E-state index is 6.14. The predicted molar refractivity (Wildman–Crippen MR) is 130 cm³/mol. The zero-order chi connectivity index (χ0) is 22.2. The van der Waals surface area contributed by atoms with Gasteiger partial charge in [0, 0.05) is 68.3 Å². The summed E-state index contributed by atoms with van der Waals surface area (Å²) >= 11 is 6.14. The first-order chi connectivity index (χ1) is 15.0. The van der Waals surface area contributed by atoms with Crippen molar-refractivity contribution in [1.82, 2.24) is 25.3 Å². The van der Waals surface area contributed by atoms with E-state index in [4.69, 9.17) is 16.6 Å². The van der Waals surface area contributed by atoms with Gasteiger partial charge in [0.15, 0.2) is 5.96 Å². The number of hydrogen-bond donors (Lipinski definition) is 2. The normalized spacial score (nSPS) is 15.4. The third-order valence-corrected chi connectivity index (χ3v) is 6.12. The van der Waals surface area contributed by atoms with E-state index in [-0.39, 0.29) is 0 Å². The Labute approximate surface area is 191 Å². The second-order valence-electron chi connectivity index (χ2n) is 8.06. The molecule has 0 aliphatic carbocycles. The van der Waals surface area contributed by atoms with Crippen LogP contribution in [0.5, 0.6) is 0 Å². The van der Waals surface area contributed by atoms with Crippen LogP contribution in [0.25, 0.3) is 0 Å². The summed E-state index contributed by atoms with van der Waals surface area (Å²) in [6, 6.07) is 8.15. The molecule has 1 aromatic heterocycles. The summed E-state index contributed by atoms with van der Waals surface area (Å²) in [6.45, 7) is 14.0. The molecule has 0 atom stereocenters. The molecule has 31 heavy (non-hydrogen) atoms. The molecule has 2 aromatic rings. The Morgan fingerprint density at radius 2 is 1.94 bits per heavy atom. The number of benzene rings is 1. The van der Waals surface area contributed by atoms with Crippen LogP contribution in [0.15, 0.2) is 29.3 Å². The Kier molecular flexibility index (Phi) is 8.60. The average Bonchev–Trinajstić information content (AvgIpc) is 3.00. The van der Waals surface area contributed by atoms with Crippen molar-refractivity contribution in [3.8, 4) is 0 Å². The second kappa shape index (κ2) is 11.4. The molecule has 0 unspecified atom stereocenters. The van der Waals surface area contributed by atoms with E-state index in [1.54, 1.807) is 0 Å². The van der Waals surface area contributed by atoms with E-state index in [2.05, 4.69) is 51.5 Å². The number of halogens is 1. The van der Waals surface area contributed by atoms with E-state index in [1.807, 2.05) is 30.8 Å². The smallest absolute Gasteiger partial charge is 0.191 e. The molecule has 2 heterocycles. The monoisotopic (exact) mass is 445 g/mol. The third kappa shape index (κ3) is 6.61. The Balaban J connectivity index is 1.40. The highest BCUT2D eigenvalue weighted by Crippen LogP contribution is 2.20. The molecule has 170 valence electrons. The van der Waals surface area contributed by atoms with Crippen LogP contribution in [0.1, 0.15) is 30.3 Å². The van der Waals surface area contributed by atoms with Gasteiger partial charge >= 0.3 is 0 Å². The Hall–Kier alpha value is -2.25. The fourth-order valence-electron chi connectivity index (χ4n) is 3.96. The summed E-state index contributed by atoms with van der Waals surface area (Å²) in [5, 5.41) is 12.1. The van der Waals surface area contributed by atoms with Crippen molar-refractivity contribution in [2.75, 3.05) is 50.7 Å². The van der Waals surface area contributed by atoms with Gasteiger partial charge in [0.25, 0.3) is 0 Å². The summed E-state index contributed by atoms with van der Waals surface area (Å²) in [7, 11) is 1.98. The SMILES string of the molecule is CCNC(=NCc1c(C)nn(C)c1C)NCCCN1CCN(c2cccc(Cl)c2)CC1. The van der Waals surface area contributed by atoms with E-state index in [0.29, 0.717) is 6.54 Å². The summed E-state index contributed by atoms with van der Waals surface area (Å²) in [5.74, 6) is 0.871. The molecule has 1 saturated heterocycles. The van der Waals surface area contributed by atoms with Crippen LogP contribution in [0.3, 0.4) is 0 Å². The Morgan fingerprint density at radius 3 is 2.58 bits per heavy atom. The van der Waals surface area contributed by atoms with Gasteiger partial charge in [-0.25, -0.2) is 4.99 Å². The van der Waals surface area contributed by atoms with Crippen molar-refractivity contribution in [3.05, 3.63) is 46.2 Å². The minimum Gasteiger partial charge on any atom is -0.369 e. The largest absolute Gasteiger partial charge is 0.369 e. The molecule has 0 radical (unpaired) electrons. The highest BCUT2D eigenvalue weighted by molar-refractivity contribution is 6.30. The molecule has 1 aliphatic heterocycles. The molecule has 3 rings (SSSR count). The van der Waals surface area contributed by atoms with E-state index < -0.39 is 0 Å². The van der Waals surface area contributed by atoms with Gasteiger partial charge in [-0.3, -0.25) is 9.58 Å². The molecule has 0 bridgehead atoms. The highest BCUT2D eigenvalue weighted by Gasteiger charge is 2.17. The number of aryl methyl sites for hydroxylation is 2. The van der Waals surface area contributed by atoms with Crippen LogP contribution >= 0.6 is 11.6 Å². The van der Waals surface area contributed by atoms with Crippen LogP contribution in [-0.2, 0) is 13.6 Å². The highest BCUT2D eigenvalue weighted by atomic mass is 35.5. The molecule has 1 aliphatic rings. The minimum atomic E-state index is 0.645.